The van der Waals surface area contributed by atoms with E-state index in [9.17, 15) is 4.79 Å². The lowest BCUT2D eigenvalue weighted by Gasteiger charge is -2.12. The minimum atomic E-state index is -0.995. The topological polar surface area (TPSA) is 68.0 Å². The van der Waals surface area contributed by atoms with E-state index < -0.39 is 5.97 Å². The van der Waals surface area contributed by atoms with Gasteiger partial charge in [-0.2, -0.15) is 0 Å². The number of hydrogen-bond acceptors (Lipinski definition) is 3. The molecule has 0 atom stereocenters. The molecule has 3 aromatic rings. The van der Waals surface area contributed by atoms with E-state index in [2.05, 4.69) is 23.8 Å². The number of carbonyl (C=O) groups is 1. The highest BCUT2D eigenvalue weighted by Crippen LogP contribution is 2.27. The van der Waals surface area contributed by atoms with E-state index in [4.69, 9.17) is 5.11 Å². The summed E-state index contributed by atoms with van der Waals surface area (Å²) in [6.07, 6.45) is 1.38. The van der Waals surface area contributed by atoms with Crippen molar-refractivity contribution in [2.24, 2.45) is 0 Å². The quantitative estimate of drug-likeness (QED) is 0.800. The van der Waals surface area contributed by atoms with Crippen LogP contribution in [0.2, 0.25) is 0 Å². The van der Waals surface area contributed by atoms with Crippen molar-refractivity contribution < 1.29 is 9.90 Å². The van der Waals surface area contributed by atoms with Gasteiger partial charge in [0.15, 0.2) is 5.65 Å². The van der Waals surface area contributed by atoms with Crippen LogP contribution in [0.15, 0.2) is 36.5 Å². The van der Waals surface area contributed by atoms with Crippen molar-refractivity contribution in [1.29, 1.82) is 0 Å². The van der Waals surface area contributed by atoms with Crippen molar-refractivity contribution in [1.82, 2.24) is 14.5 Å². The number of carboxylic acids is 1. The zero-order chi connectivity index (χ0) is 15.9. The van der Waals surface area contributed by atoms with Crippen LogP contribution >= 0.6 is 0 Å². The number of pyridine rings is 1. The molecule has 0 saturated heterocycles. The number of carboxylic acid groups (broad SMARTS) is 1. The van der Waals surface area contributed by atoms with Crippen molar-refractivity contribution in [3.05, 3.63) is 47.7 Å². The van der Waals surface area contributed by atoms with E-state index in [1.165, 1.54) is 11.8 Å². The third-order valence-corrected chi connectivity index (χ3v) is 3.60. The second-order valence-electron chi connectivity index (χ2n) is 5.64. The highest BCUT2D eigenvalue weighted by atomic mass is 16.4. The number of fused-ring (bicyclic) bond motifs is 1. The molecule has 112 valence electrons. The Morgan fingerprint density at radius 2 is 1.91 bits per heavy atom. The predicted octanol–water partition coefficient (Wildman–Crippen LogP) is 3.69. The van der Waals surface area contributed by atoms with Crippen LogP contribution in [0.1, 0.15) is 35.8 Å². The zero-order valence-electron chi connectivity index (χ0n) is 12.7. The van der Waals surface area contributed by atoms with E-state index in [1.54, 1.807) is 6.07 Å². The molecule has 5 nitrogen and oxygen atoms in total. The van der Waals surface area contributed by atoms with Crippen LogP contribution < -0.4 is 0 Å². The molecular formula is C17H17N3O2. The van der Waals surface area contributed by atoms with E-state index >= 15 is 0 Å². The van der Waals surface area contributed by atoms with Gasteiger partial charge in [0, 0.05) is 17.8 Å². The molecule has 22 heavy (non-hydrogen) atoms. The van der Waals surface area contributed by atoms with E-state index in [-0.39, 0.29) is 11.6 Å². The summed E-state index contributed by atoms with van der Waals surface area (Å²) in [5.41, 5.74) is 3.63. The minimum absolute atomic E-state index is 0.149. The zero-order valence-corrected chi connectivity index (χ0v) is 12.7. The number of aromatic nitrogens is 3. The molecule has 0 aliphatic heterocycles. The Morgan fingerprint density at radius 3 is 2.50 bits per heavy atom. The number of hydrogen-bond donors (Lipinski definition) is 1. The Morgan fingerprint density at radius 1 is 1.23 bits per heavy atom. The van der Waals surface area contributed by atoms with Crippen molar-refractivity contribution in [3.63, 3.8) is 0 Å². The highest BCUT2D eigenvalue weighted by molar-refractivity contribution is 5.91. The first-order chi connectivity index (χ1) is 10.5. The molecule has 0 amide bonds. The van der Waals surface area contributed by atoms with Gasteiger partial charge in [0.2, 0.25) is 0 Å². The number of aromatic carboxylic acids is 1. The van der Waals surface area contributed by atoms with Crippen molar-refractivity contribution >= 4 is 17.1 Å². The van der Waals surface area contributed by atoms with Gasteiger partial charge in [-0.05, 0) is 26.8 Å². The van der Waals surface area contributed by atoms with Crippen LogP contribution in [-0.2, 0) is 0 Å². The first-order valence-electron chi connectivity index (χ1n) is 7.15. The average molecular weight is 295 g/mol. The van der Waals surface area contributed by atoms with Crippen molar-refractivity contribution in [3.8, 4) is 11.4 Å². The van der Waals surface area contributed by atoms with Gasteiger partial charge in [-0.25, -0.2) is 14.8 Å². The fraction of sp³-hybridized carbons (Fsp3) is 0.235. The summed E-state index contributed by atoms with van der Waals surface area (Å²) in [5, 5.41) is 9.10. The number of rotatable bonds is 3. The van der Waals surface area contributed by atoms with Crippen LogP contribution in [-0.4, -0.2) is 25.6 Å². The molecule has 0 bridgehead atoms. The lowest BCUT2D eigenvalue weighted by molar-refractivity contribution is 0.0696. The van der Waals surface area contributed by atoms with Gasteiger partial charge in [0.25, 0.3) is 0 Å². The third-order valence-electron chi connectivity index (χ3n) is 3.60. The molecule has 0 saturated carbocycles. The minimum Gasteiger partial charge on any atom is -0.478 e. The molecule has 0 aliphatic rings. The molecule has 2 heterocycles. The fourth-order valence-electron chi connectivity index (χ4n) is 2.49. The maximum atomic E-state index is 11.1. The predicted molar refractivity (Wildman–Crippen MR) is 85.0 cm³/mol. The molecular weight excluding hydrogens is 278 g/mol. The van der Waals surface area contributed by atoms with Gasteiger partial charge in [0.1, 0.15) is 11.3 Å². The summed E-state index contributed by atoms with van der Waals surface area (Å²) in [4.78, 5) is 20.0. The van der Waals surface area contributed by atoms with Gasteiger partial charge in [-0.15, -0.1) is 0 Å². The lowest BCUT2D eigenvalue weighted by Crippen LogP contribution is -2.04. The van der Waals surface area contributed by atoms with Crippen LogP contribution in [0.3, 0.4) is 0 Å². The maximum Gasteiger partial charge on any atom is 0.337 e. The smallest absolute Gasteiger partial charge is 0.337 e. The second-order valence-corrected chi connectivity index (χ2v) is 5.64. The molecule has 2 aromatic heterocycles. The monoisotopic (exact) mass is 295 g/mol. The van der Waals surface area contributed by atoms with E-state index in [0.29, 0.717) is 11.2 Å². The Hall–Kier alpha value is -2.69. The molecule has 5 heteroatoms. The molecule has 0 spiro atoms. The summed E-state index contributed by atoms with van der Waals surface area (Å²) in [6.45, 7) is 6.16. The molecule has 0 fully saturated rings. The van der Waals surface area contributed by atoms with Gasteiger partial charge in [-0.3, -0.25) is 0 Å². The summed E-state index contributed by atoms with van der Waals surface area (Å²) in [7, 11) is 0. The molecule has 1 aromatic carbocycles. The molecule has 3 rings (SSSR count). The fourth-order valence-corrected chi connectivity index (χ4v) is 2.49. The summed E-state index contributed by atoms with van der Waals surface area (Å²) in [5.74, 6) is -0.189. The first-order valence-corrected chi connectivity index (χ1v) is 7.15. The standard InChI is InChI=1S/C17H17N3O2/c1-10(2)20-15(12-6-4-11(3)5-7-12)19-14-8-13(17(21)22)9-18-16(14)20/h4-10H,1-3H3,(H,21,22). The lowest BCUT2D eigenvalue weighted by atomic mass is 10.1. The largest absolute Gasteiger partial charge is 0.478 e. The van der Waals surface area contributed by atoms with Crippen LogP contribution in [0.5, 0.6) is 0 Å². The number of aryl methyl sites for hydroxylation is 1. The summed E-state index contributed by atoms with van der Waals surface area (Å²) >= 11 is 0. The number of imidazole rings is 1. The third kappa shape index (κ3) is 2.35. The van der Waals surface area contributed by atoms with E-state index in [0.717, 1.165) is 11.4 Å². The Balaban J connectivity index is 2.26. The second kappa shape index (κ2) is 5.26. The highest BCUT2D eigenvalue weighted by Gasteiger charge is 2.17. The van der Waals surface area contributed by atoms with Gasteiger partial charge >= 0.3 is 5.97 Å². The Labute approximate surface area is 128 Å². The van der Waals surface area contributed by atoms with Gasteiger partial charge in [0.05, 0.1) is 5.56 Å². The first kappa shape index (κ1) is 14.3. The van der Waals surface area contributed by atoms with Crippen molar-refractivity contribution in [2.75, 3.05) is 0 Å². The van der Waals surface area contributed by atoms with Crippen LogP contribution in [0.25, 0.3) is 22.6 Å². The van der Waals surface area contributed by atoms with Gasteiger partial charge < -0.3 is 9.67 Å². The SMILES string of the molecule is Cc1ccc(-c2nc3cc(C(=O)O)cnc3n2C(C)C)cc1. The number of benzene rings is 1. The maximum absolute atomic E-state index is 11.1. The van der Waals surface area contributed by atoms with Crippen LogP contribution in [0.4, 0.5) is 0 Å². The molecule has 0 radical (unpaired) electrons. The molecule has 1 N–H and O–H groups in total. The Bertz CT molecular complexity index is 848. The summed E-state index contributed by atoms with van der Waals surface area (Å²) < 4.78 is 2.03. The summed E-state index contributed by atoms with van der Waals surface area (Å²) in [6, 6.07) is 9.86. The molecule has 0 aliphatic carbocycles. The number of nitrogens with zero attached hydrogens (tertiary/aromatic N) is 3. The van der Waals surface area contributed by atoms with E-state index in [1.807, 2.05) is 35.8 Å². The Kier molecular flexibility index (Phi) is 3.41. The van der Waals surface area contributed by atoms with Crippen LogP contribution in [0, 0.1) is 6.92 Å². The average Bonchev–Trinajstić information content (AvgIpc) is 2.86. The van der Waals surface area contributed by atoms with Crippen molar-refractivity contribution in [2.45, 2.75) is 26.8 Å². The normalized spacial score (nSPS) is 11.3. The van der Waals surface area contributed by atoms with Gasteiger partial charge in [-0.1, -0.05) is 29.8 Å². The molecule has 0 unspecified atom stereocenters.